The van der Waals surface area contributed by atoms with Crippen LogP contribution in [0.15, 0.2) is 12.1 Å². The fourth-order valence-corrected chi connectivity index (χ4v) is 6.19. The molecule has 2 aliphatic heterocycles. The van der Waals surface area contributed by atoms with Crippen LogP contribution in [0.5, 0.6) is 0 Å². The molecule has 7 nitrogen and oxygen atoms in total. The Kier molecular flexibility index (Phi) is 5.02. The van der Waals surface area contributed by atoms with Crippen molar-refractivity contribution in [2.24, 2.45) is 5.92 Å². The van der Waals surface area contributed by atoms with Gasteiger partial charge in [0, 0.05) is 41.4 Å². The van der Waals surface area contributed by atoms with E-state index in [2.05, 4.69) is 23.3 Å². The number of nitriles is 1. The molecule has 2 aliphatic rings. The van der Waals surface area contributed by atoms with Gasteiger partial charge in [0.1, 0.15) is 28.2 Å². The molecule has 0 aliphatic carbocycles. The zero-order chi connectivity index (χ0) is 24.4. The molecular formula is C25H22F2N6OS. The number of nitrogens with one attached hydrogen (secondary N) is 1. The summed E-state index contributed by atoms with van der Waals surface area (Å²) >= 11 is 1.18. The van der Waals surface area contributed by atoms with Gasteiger partial charge in [-0.15, -0.1) is 11.3 Å². The molecule has 2 aromatic carbocycles. The summed E-state index contributed by atoms with van der Waals surface area (Å²) in [4.78, 5) is 11.4. The first-order valence-corrected chi connectivity index (χ1v) is 12.2. The van der Waals surface area contributed by atoms with Crippen LogP contribution in [0.4, 0.5) is 25.5 Å². The van der Waals surface area contributed by atoms with Crippen LogP contribution in [0.3, 0.4) is 0 Å². The number of fused-ring (bicyclic) bond motifs is 4. The van der Waals surface area contributed by atoms with Crippen molar-refractivity contribution >= 4 is 49.1 Å². The standard InChI is InChI=1S/C25H22F2N6OS/c1-11-5-6-33(8-11)25-31-22-19(24(30-2)32-25)14-10-34-9-13(14)18(21(22)27)20-15(26)3-4-16-17(20)12(7-28)23(29)35-16/h3-4,11H,5-6,8-10,29H2,1-2H3,(H,30,31,32). The Balaban J connectivity index is 1.73. The SMILES string of the molecule is CNc1nc(N2CCC(C)C2)nc2c(F)c(-c3c(F)ccc4sc(N)c(C#N)c34)c3c(c12)COC3. The van der Waals surface area contributed by atoms with Gasteiger partial charge in [0.15, 0.2) is 5.82 Å². The Morgan fingerprint density at radius 1 is 1.20 bits per heavy atom. The van der Waals surface area contributed by atoms with Gasteiger partial charge in [0.2, 0.25) is 5.95 Å². The van der Waals surface area contributed by atoms with Gasteiger partial charge < -0.3 is 20.7 Å². The van der Waals surface area contributed by atoms with Crippen LogP contribution in [-0.2, 0) is 18.0 Å². The molecule has 4 heterocycles. The van der Waals surface area contributed by atoms with Crippen LogP contribution in [0.25, 0.3) is 32.1 Å². The molecule has 1 unspecified atom stereocenters. The lowest BCUT2D eigenvalue weighted by Crippen LogP contribution is -2.22. The first-order valence-electron chi connectivity index (χ1n) is 11.4. The van der Waals surface area contributed by atoms with Gasteiger partial charge >= 0.3 is 0 Å². The maximum absolute atomic E-state index is 16.6. The largest absolute Gasteiger partial charge is 0.389 e. The lowest BCUT2D eigenvalue weighted by molar-refractivity contribution is 0.135. The second-order valence-electron chi connectivity index (χ2n) is 9.07. The zero-order valence-electron chi connectivity index (χ0n) is 19.2. The first-order chi connectivity index (χ1) is 16.9. The summed E-state index contributed by atoms with van der Waals surface area (Å²) in [6.45, 7) is 4.07. The Hall–Kier alpha value is -3.55. The summed E-state index contributed by atoms with van der Waals surface area (Å²) in [6.07, 6.45) is 1.01. The normalized spacial score (nSPS) is 17.3. The summed E-state index contributed by atoms with van der Waals surface area (Å²) in [6, 6.07) is 4.93. The highest BCUT2D eigenvalue weighted by Crippen LogP contribution is 2.47. The van der Waals surface area contributed by atoms with E-state index < -0.39 is 11.6 Å². The Labute approximate surface area is 204 Å². The second kappa shape index (κ2) is 8.00. The molecule has 0 radical (unpaired) electrons. The molecule has 3 N–H and O–H groups in total. The van der Waals surface area contributed by atoms with Gasteiger partial charge in [-0.3, -0.25) is 0 Å². The number of hydrogen-bond acceptors (Lipinski definition) is 8. The molecule has 1 fully saturated rings. The molecule has 6 rings (SSSR count). The number of benzene rings is 2. The summed E-state index contributed by atoms with van der Waals surface area (Å²) in [5.74, 6) is 0.146. The van der Waals surface area contributed by atoms with E-state index in [1.165, 1.54) is 17.4 Å². The first kappa shape index (κ1) is 21.9. The van der Waals surface area contributed by atoms with E-state index in [4.69, 9.17) is 15.5 Å². The summed E-state index contributed by atoms with van der Waals surface area (Å²) < 4.78 is 38.4. The quantitative estimate of drug-likeness (QED) is 0.407. The minimum Gasteiger partial charge on any atom is -0.389 e. The van der Waals surface area contributed by atoms with Crippen molar-refractivity contribution in [3.63, 3.8) is 0 Å². The maximum atomic E-state index is 16.6. The number of rotatable bonds is 3. The van der Waals surface area contributed by atoms with Gasteiger partial charge in [0.25, 0.3) is 0 Å². The van der Waals surface area contributed by atoms with Crippen LogP contribution in [0.2, 0.25) is 0 Å². The molecule has 0 bridgehead atoms. The molecular weight excluding hydrogens is 470 g/mol. The van der Waals surface area contributed by atoms with E-state index in [0.29, 0.717) is 38.7 Å². The average molecular weight is 493 g/mol. The fraction of sp³-hybridized carbons (Fsp3) is 0.320. The van der Waals surface area contributed by atoms with Gasteiger partial charge in [-0.1, -0.05) is 6.92 Å². The second-order valence-corrected chi connectivity index (χ2v) is 10.2. The highest BCUT2D eigenvalue weighted by Gasteiger charge is 2.32. The third-order valence-electron chi connectivity index (χ3n) is 6.92. The van der Waals surface area contributed by atoms with Crippen molar-refractivity contribution in [1.82, 2.24) is 9.97 Å². The molecule has 35 heavy (non-hydrogen) atoms. The van der Waals surface area contributed by atoms with Gasteiger partial charge in [-0.2, -0.15) is 10.2 Å². The molecule has 1 saturated heterocycles. The third kappa shape index (κ3) is 3.15. The number of nitrogens with two attached hydrogens (primary N) is 1. The number of anilines is 3. The van der Waals surface area contributed by atoms with E-state index >= 15 is 8.78 Å². The summed E-state index contributed by atoms with van der Waals surface area (Å²) in [5, 5.41) is 14.0. The van der Waals surface area contributed by atoms with Crippen LogP contribution in [-0.4, -0.2) is 30.1 Å². The fourth-order valence-electron chi connectivity index (χ4n) is 5.26. The van der Waals surface area contributed by atoms with Gasteiger partial charge in [-0.25, -0.2) is 13.8 Å². The predicted octanol–water partition coefficient (Wildman–Crippen LogP) is 5.16. The van der Waals surface area contributed by atoms with Crippen molar-refractivity contribution in [2.75, 3.05) is 36.1 Å². The molecule has 0 saturated carbocycles. The monoisotopic (exact) mass is 492 g/mol. The van der Waals surface area contributed by atoms with E-state index in [-0.39, 0.29) is 40.4 Å². The number of nitrogen functional groups attached to an aromatic ring is 1. The third-order valence-corrected chi connectivity index (χ3v) is 7.91. The van der Waals surface area contributed by atoms with E-state index in [1.807, 2.05) is 4.90 Å². The van der Waals surface area contributed by atoms with Crippen molar-refractivity contribution in [3.05, 3.63) is 40.5 Å². The molecule has 0 amide bonds. The smallest absolute Gasteiger partial charge is 0.228 e. The van der Waals surface area contributed by atoms with Gasteiger partial charge in [0.05, 0.1) is 24.2 Å². The van der Waals surface area contributed by atoms with E-state index in [0.717, 1.165) is 25.1 Å². The number of nitrogens with zero attached hydrogens (tertiary/aromatic N) is 4. The van der Waals surface area contributed by atoms with Crippen molar-refractivity contribution < 1.29 is 13.5 Å². The highest BCUT2D eigenvalue weighted by molar-refractivity contribution is 7.23. The molecule has 2 aromatic heterocycles. The highest BCUT2D eigenvalue weighted by atomic mass is 32.1. The number of aromatic nitrogens is 2. The topological polar surface area (TPSA) is 100 Å². The van der Waals surface area contributed by atoms with Crippen LogP contribution >= 0.6 is 11.3 Å². The minimum absolute atomic E-state index is 0.0223. The van der Waals surface area contributed by atoms with Crippen LogP contribution < -0.4 is 16.0 Å². The maximum Gasteiger partial charge on any atom is 0.228 e. The summed E-state index contributed by atoms with van der Waals surface area (Å²) in [5.41, 5.74) is 7.68. The minimum atomic E-state index is -0.656. The number of thiophene rings is 1. The molecule has 0 spiro atoms. The Morgan fingerprint density at radius 3 is 2.71 bits per heavy atom. The van der Waals surface area contributed by atoms with Crippen molar-refractivity contribution in [3.8, 4) is 17.2 Å². The van der Waals surface area contributed by atoms with Crippen LogP contribution in [0.1, 0.15) is 30.0 Å². The Morgan fingerprint density at radius 2 is 2.00 bits per heavy atom. The Bertz CT molecular complexity index is 1580. The van der Waals surface area contributed by atoms with Crippen LogP contribution in [0, 0.1) is 28.9 Å². The number of hydrogen-bond donors (Lipinski definition) is 2. The zero-order valence-corrected chi connectivity index (χ0v) is 20.0. The van der Waals surface area contributed by atoms with E-state index in [1.54, 1.807) is 13.1 Å². The van der Waals surface area contributed by atoms with Crippen molar-refractivity contribution in [1.29, 1.82) is 5.26 Å². The lowest BCUT2D eigenvalue weighted by atomic mass is 9.90. The van der Waals surface area contributed by atoms with Gasteiger partial charge in [-0.05, 0) is 35.6 Å². The molecule has 10 heteroatoms. The lowest BCUT2D eigenvalue weighted by Gasteiger charge is -2.20. The molecule has 1 atom stereocenters. The summed E-state index contributed by atoms with van der Waals surface area (Å²) in [7, 11) is 1.74. The number of halogens is 2. The van der Waals surface area contributed by atoms with Crippen molar-refractivity contribution in [2.45, 2.75) is 26.6 Å². The average Bonchev–Trinajstić information content (AvgIpc) is 3.57. The molecule has 4 aromatic rings. The predicted molar refractivity (Wildman–Crippen MR) is 133 cm³/mol. The van der Waals surface area contributed by atoms with E-state index in [9.17, 15) is 5.26 Å². The number of ether oxygens (including phenoxy) is 1. The molecule has 178 valence electrons.